The maximum atomic E-state index is 14.4. The summed E-state index contributed by atoms with van der Waals surface area (Å²) in [5.74, 6) is -2.48. The molecule has 0 unspecified atom stereocenters. The van der Waals surface area contributed by atoms with Gasteiger partial charge in [-0.1, -0.05) is 41.4 Å². The average molecular weight is 798 g/mol. The number of ether oxygens (including phenoxy) is 1. The molecule has 4 heterocycles. The molecule has 286 valence electrons. The van der Waals surface area contributed by atoms with E-state index >= 15 is 0 Å². The van der Waals surface area contributed by atoms with Crippen molar-refractivity contribution in [2.24, 2.45) is 7.05 Å². The van der Waals surface area contributed by atoms with Crippen LogP contribution in [-0.4, -0.2) is 65.7 Å². The molecule has 0 bridgehead atoms. The van der Waals surface area contributed by atoms with Crippen molar-refractivity contribution in [3.63, 3.8) is 0 Å². The number of carbonyl (C=O) groups is 3. The van der Waals surface area contributed by atoms with Gasteiger partial charge in [-0.25, -0.2) is 9.88 Å². The van der Waals surface area contributed by atoms with E-state index in [1.165, 1.54) is 52.9 Å². The maximum absolute atomic E-state index is 14.4. The van der Waals surface area contributed by atoms with Crippen LogP contribution < -0.4 is 20.3 Å². The number of aromatic nitrogens is 5. The van der Waals surface area contributed by atoms with Gasteiger partial charge < -0.3 is 20.5 Å². The van der Waals surface area contributed by atoms with Crippen LogP contribution in [0.5, 0.6) is 5.75 Å². The van der Waals surface area contributed by atoms with Gasteiger partial charge in [-0.15, -0.1) is 13.2 Å². The van der Waals surface area contributed by atoms with E-state index in [0.29, 0.717) is 24.1 Å². The minimum atomic E-state index is -4.90. The van der Waals surface area contributed by atoms with Crippen LogP contribution in [-0.2, 0) is 34.1 Å². The van der Waals surface area contributed by atoms with Crippen molar-refractivity contribution >= 4 is 52.6 Å². The first kappa shape index (κ1) is 37.8. The largest absolute Gasteiger partial charge is 0.573 e. The van der Waals surface area contributed by atoms with Gasteiger partial charge in [0.2, 0.25) is 11.9 Å². The van der Waals surface area contributed by atoms with Crippen LogP contribution in [0.4, 0.5) is 24.8 Å². The van der Waals surface area contributed by atoms with Crippen LogP contribution in [0.15, 0.2) is 79.4 Å². The number of aliphatic hydroxyl groups excluding tert-OH is 1. The van der Waals surface area contributed by atoms with Crippen LogP contribution in [0.2, 0.25) is 10.0 Å². The van der Waals surface area contributed by atoms with Crippen LogP contribution in [0, 0.1) is 0 Å². The number of hydrogen-bond acceptors (Lipinski definition) is 8. The number of nitrogens with zero attached hydrogens (tertiary/aromatic N) is 6. The highest BCUT2D eigenvalue weighted by Crippen LogP contribution is 2.46. The van der Waals surface area contributed by atoms with Gasteiger partial charge in [0.15, 0.2) is 0 Å². The summed E-state index contributed by atoms with van der Waals surface area (Å²) in [6.07, 6.45) is 1.30. The molecular formula is C37H33Cl2F3N8O5. The highest BCUT2D eigenvalue weighted by Gasteiger charge is 2.52. The first-order valence-electron chi connectivity index (χ1n) is 17.0. The van der Waals surface area contributed by atoms with E-state index in [4.69, 9.17) is 23.2 Å². The number of hydrogen-bond donors (Lipinski definition) is 3. The SMILES string of the molecule is C[C@@H](O)[C@H](NC(=O)c1cnc2n1[C@](C)(Cc1ccc(OC(F)(F)F)cc1)C(=O)N2c1cc(Cl)cc(Cl)c1)C(=O)NC1(c2ccc(-c3cnn(C)c3)cn2)CC1. The molecule has 0 spiro atoms. The number of nitrogens with one attached hydrogen (secondary N) is 2. The third kappa shape index (κ3) is 7.49. The second-order valence-electron chi connectivity index (χ2n) is 13.8. The lowest BCUT2D eigenvalue weighted by Crippen LogP contribution is -2.55. The van der Waals surface area contributed by atoms with E-state index in [-0.39, 0.29) is 33.8 Å². The molecule has 1 aliphatic carbocycles. The minimum Gasteiger partial charge on any atom is -0.406 e. The molecule has 5 aromatic rings. The zero-order chi connectivity index (χ0) is 39.4. The van der Waals surface area contributed by atoms with Gasteiger partial charge in [0.25, 0.3) is 11.8 Å². The van der Waals surface area contributed by atoms with Crippen molar-refractivity contribution in [1.29, 1.82) is 0 Å². The third-order valence-corrected chi connectivity index (χ3v) is 10.0. The number of halogens is 5. The molecule has 0 radical (unpaired) electrons. The monoisotopic (exact) mass is 796 g/mol. The molecule has 13 nitrogen and oxygen atoms in total. The summed E-state index contributed by atoms with van der Waals surface area (Å²) >= 11 is 12.6. The Bertz CT molecular complexity index is 2270. The third-order valence-electron chi connectivity index (χ3n) is 9.60. The Balaban J connectivity index is 1.17. The molecule has 1 aliphatic heterocycles. The lowest BCUT2D eigenvalue weighted by molar-refractivity contribution is -0.274. The minimum absolute atomic E-state index is 0.0174. The first-order chi connectivity index (χ1) is 26.0. The van der Waals surface area contributed by atoms with E-state index in [1.807, 2.05) is 25.4 Å². The molecule has 3 aromatic heterocycles. The van der Waals surface area contributed by atoms with E-state index < -0.39 is 53.1 Å². The number of aliphatic hydroxyl groups is 1. The average Bonchev–Trinajstić information content (AvgIpc) is 3.43. The number of benzene rings is 2. The predicted octanol–water partition coefficient (Wildman–Crippen LogP) is 5.80. The summed E-state index contributed by atoms with van der Waals surface area (Å²) in [6, 6.07) is 11.7. The molecular weight excluding hydrogens is 764 g/mol. The summed E-state index contributed by atoms with van der Waals surface area (Å²) < 4.78 is 45.5. The standard InChI is InChI=1S/C37H33Cl2F3N8O5/c1-20(51)30(32(53)47-36(10-11-36)29-9-6-22(16-43-29)23-17-45-48(3)19-23)46-31(52)28-18-44-34-49(26-13-24(38)12-25(39)14-26)33(54)35(2,50(28)34)15-21-4-7-27(8-5-21)55-37(40,41)42/h4-9,12-14,16-20,30,51H,10-11,15H2,1-3H3,(H,46,52)(H,47,53)/t20-,30+,35-/m1/s1. The normalized spacial score (nSPS) is 18.4. The highest BCUT2D eigenvalue weighted by molar-refractivity contribution is 6.35. The molecule has 2 aromatic carbocycles. The van der Waals surface area contributed by atoms with Crippen molar-refractivity contribution in [1.82, 2.24) is 34.9 Å². The van der Waals surface area contributed by atoms with Crippen LogP contribution in [0.3, 0.4) is 0 Å². The van der Waals surface area contributed by atoms with Crippen molar-refractivity contribution in [3.8, 4) is 16.9 Å². The number of aryl methyl sites for hydroxylation is 1. The smallest absolute Gasteiger partial charge is 0.406 e. The fraction of sp³-hybridized carbons (Fsp3) is 0.297. The maximum Gasteiger partial charge on any atom is 0.573 e. The Kier molecular flexibility index (Phi) is 9.63. The summed E-state index contributed by atoms with van der Waals surface area (Å²) in [7, 11) is 1.81. The van der Waals surface area contributed by atoms with E-state index in [2.05, 4.69) is 30.4 Å². The molecule has 18 heteroatoms. The summed E-state index contributed by atoms with van der Waals surface area (Å²) in [5.41, 5.74) is 0.494. The van der Waals surface area contributed by atoms with Crippen molar-refractivity contribution < 1.29 is 37.4 Å². The fourth-order valence-electron chi connectivity index (χ4n) is 6.76. The molecule has 3 amide bonds. The van der Waals surface area contributed by atoms with Gasteiger partial charge in [0, 0.05) is 47.0 Å². The number of rotatable bonds is 11. The quantitative estimate of drug-likeness (QED) is 0.151. The number of carbonyl (C=O) groups excluding carboxylic acids is 3. The molecule has 2 aliphatic rings. The Hall–Kier alpha value is -5.45. The summed E-state index contributed by atoms with van der Waals surface area (Å²) in [6.45, 7) is 2.90. The zero-order valence-electron chi connectivity index (χ0n) is 29.4. The van der Waals surface area contributed by atoms with E-state index in [9.17, 15) is 32.7 Å². The van der Waals surface area contributed by atoms with Crippen molar-refractivity contribution in [2.75, 3.05) is 4.90 Å². The van der Waals surface area contributed by atoms with Gasteiger partial charge >= 0.3 is 6.36 Å². The van der Waals surface area contributed by atoms with Gasteiger partial charge in [-0.3, -0.25) is 28.6 Å². The Morgan fingerprint density at radius 3 is 2.25 bits per heavy atom. The lowest BCUT2D eigenvalue weighted by Gasteiger charge is -2.28. The highest BCUT2D eigenvalue weighted by atomic mass is 35.5. The fourth-order valence-corrected chi connectivity index (χ4v) is 7.27. The van der Waals surface area contributed by atoms with Crippen LogP contribution in [0.25, 0.3) is 11.1 Å². The van der Waals surface area contributed by atoms with E-state index in [1.54, 1.807) is 24.0 Å². The Labute approximate surface area is 322 Å². The second-order valence-corrected chi connectivity index (χ2v) is 14.7. The molecule has 1 fully saturated rings. The Morgan fingerprint density at radius 2 is 1.69 bits per heavy atom. The van der Waals surface area contributed by atoms with Crippen molar-refractivity contribution in [3.05, 3.63) is 106 Å². The molecule has 3 atom stereocenters. The summed E-state index contributed by atoms with van der Waals surface area (Å²) in [5, 5.41) is 21.0. The number of pyridine rings is 1. The topological polar surface area (TPSA) is 156 Å². The number of anilines is 2. The molecule has 0 saturated heterocycles. The summed E-state index contributed by atoms with van der Waals surface area (Å²) in [4.78, 5) is 52.5. The van der Waals surface area contributed by atoms with Gasteiger partial charge in [-0.2, -0.15) is 5.10 Å². The molecule has 55 heavy (non-hydrogen) atoms. The molecule has 1 saturated carbocycles. The van der Waals surface area contributed by atoms with Crippen LogP contribution in [0.1, 0.15) is 48.4 Å². The number of alkyl halides is 3. The first-order valence-corrected chi connectivity index (χ1v) is 17.7. The number of imidazole rings is 1. The zero-order valence-corrected chi connectivity index (χ0v) is 30.9. The van der Waals surface area contributed by atoms with Crippen molar-refractivity contribution in [2.45, 2.75) is 62.7 Å². The molecule has 3 N–H and O–H groups in total. The molecule has 7 rings (SSSR count). The predicted molar refractivity (Wildman–Crippen MR) is 195 cm³/mol. The van der Waals surface area contributed by atoms with Gasteiger partial charge in [0.1, 0.15) is 23.0 Å². The van der Waals surface area contributed by atoms with E-state index in [0.717, 1.165) is 23.3 Å². The second kappa shape index (κ2) is 14.0. The van der Waals surface area contributed by atoms with Gasteiger partial charge in [-0.05, 0) is 68.7 Å². The lowest BCUT2D eigenvalue weighted by atomic mass is 9.91. The van der Waals surface area contributed by atoms with Gasteiger partial charge in [0.05, 0.1) is 35.4 Å². The van der Waals surface area contributed by atoms with Crippen LogP contribution >= 0.6 is 23.2 Å². The number of fused-ring (bicyclic) bond motifs is 1. The number of amides is 3. The Morgan fingerprint density at radius 1 is 1.00 bits per heavy atom.